The Labute approximate surface area is 238 Å². The Morgan fingerprint density at radius 2 is 1.74 bits per heavy atom. The lowest BCUT2D eigenvalue weighted by atomic mass is 9.76. The van der Waals surface area contributed by atoms with E-state index in [9.17, 15) is 4.79 Å². The fourth-order valence-electron chi connectivity index (χ4n) is 5.77. The first-order chi connectivity index (χ1) is 18.1. The minimum atomic E-state index is -0.0589. The molecule has 0 spiro atoms. The highest BCUT2D eigenvalue weighted by molar-refractivity contribution is 6.31. The first-order valence-electron chi connectivity index (χ1n) is 12.5. The van der Waals surface area contributed by atoms with Crippen molar-refractivity contribution in [3.8, 4) is 22.6 Å². The molecule has 5 nitrogen and oxygen atoms in total. The molecule has 1 aromatic heterocycles. The van der Waals surface area contributed by atoms with Gasteiger partial charge in [0.25, 0.3) is 5.91 Å². The monoisotopic (exact) mass is 590 g/mol. The van der Waals surface area contributed by atoms with Crippen LogP contribution in [0.25, 0.3) is 11.1 Å². The number of rotatable bonds is 5. The van der Waals surface area contributed by atoms with Crippen molar-refractivity contribution in [1.29, 1.82) is 0 Å². The Balaban J connectivity index is 0.00000294. The van der Waals surface area contributed by atoms with Crippen molar-refractivity contribution < 1.29 is 35.8 Å². The van der Waals surface area contributed by atoms with Gasteiger partial charge in [0, 0.05) is 29.8 Å². The highest BCUT2D eigenvalue weighted by Crippen LogP contribution is 2.52. The molecular formula is C31H28BrClN2O3. The molecule has 2 heterocycles. The SMILES string of the molecule is COc1cc2c3c(c1OC)-c1ccccc1C[C@@H]3N(C(=O)c1cc[n+](Cc3ccccc3Cl)cc1)CC2.[Br-]. The molecule has 2 aliphatic rings. The number of pyridine rings is 1. The van der Waals surface area contributed by atoms with Crippen LogP contribution in [0, 0.1) is 0 Å². The van der Waals surface area contributed by atoms with Gasteiger partial charge in [-0.15, -0.1) is 0 Å². The molecule has 38 heavy (non-hydrogen) atoms. The van der Waals surface area contributed by atoms with E-state index in [4.69, 9.17) is 21.1 Å². The van der Waals surface area contributed by atoms with E-state index in [2.05, 4.69) is 30.3 Å². The summed E-state index contributed by atoms with van der Waals surface area (Å²) in [6.07, 6.45) is 5.44. The third kappa shape index (κ3) is 4.46. The largest absolute Gasteiger partial charge is 1.00 e. The predicted molar refractivity (Wildman–Crippen MR) is 143 cm³/mol. The molecule has 1 atom stereocenters. The second kappa shape index (κ2) is 10.8. The second-order valence-electron chi connectivity index (χ2n) is 9.54. The van der Waals surface area contributed by atoms with E-state index in [0.717, 1.165) is 46.1 Å². The first-order valence-corrected chi connectivity index (χ1v) is 12.9. The van der Waals surface area contributed by atoms with E-state index in [-0.39, 0.29) is 28.9 Å². The topological polar surface area (TPSA) is 42.7 Å². The number of carbonyl (C=O) groups is 1. The number of hydrogen-bond donors (Lipinski definition) is 0. The van der Waals surface area contributed by atoms with Gasteiger partial charge in [-0.3, -0.25) is 4.79 Å². The molecule has 0 radical (unpaired) electrons. The smallest absolute Gasteiger partial charge is 0.254 e. The summed E-state index contributed by atoms with van der Waals surface area (Å²) in [5, 5.41) is 0.738. The van der Waals surface area contributed by atoms with E-state index in [0.29, 0.717) is 18.7 Å². The Kier molecular flexibility index (Phi) is 7.46. The summed E-state index contributed by atoms with van der Waals surface area (Å²) in [5.74, 6) is 1.51. The van der Waals surface area contributed by atoms with Crippen LogP contribution in [0.4, 0.5) is 0 Å². The van der Waals surface area contributed by atoms with Gasteiger partial charge >= 0.3 is 0 Å². The number of aromatic nitrogens is 1. The van der Waals surface area contributed by atoms with Gasteiger partial charge in [0.1, 0.15) is 0 Å². The van der Waals surface area contributed by atoms with Gasteiger partial charge < -0.3 is 31.4 Å². The third-order valence-corrected chi connectivity index (χ3v) is 7.91. The standard InChI is InChI=1S/C31H28ClN2O3.BrH/c1-36-27-18-22-13-16-34(26-17-21-7-3-5-9-24(21)29(28(22)26)30(27)37-2)31(35)20-11-14-33(15-12-20)19-23-8-4-6-10-25(23)32;/h3-12,14-15,18,26H,13,16-17,19H2,1-2H3;1H/q+1;/p-1/t26-;/m0./s1. The average Bonchev–Trinajstić information content (AvgIpc) is 2.94. The summed E-state index contributed by atoms with van der Waals surface area (Å²) >= 11 is 6.33. The number of halogens is 2. The number of nitrogens with zero attached hydrogens (tertiary/aromatic N) is 2. The average molecular weight is 592 g/mol. The third-order valence-electron chi connectivity index (χ3n) is 7.54. The fourth-order valence-corrected chi connectivity index (χ4v) is 5.97. The maximum Gasteiger partial charge on any atom is 0.254 e. The molecule has 0 saturated carbocycles. The molecule has 0 saturated heterocycles. The van der Waals surface area contributed by atoms with Crippen molar-refractivity contribution in [1.82, 2.24) is 4.90 Å². The molecule has 4 aromatic rings. The first kappa shape index (κ1) is 26.3. The molecule has 1 aliphatic carbocycles. The van der Waals surface area contributed by atoms with Gasteiger partial charge in [-0.25, -0.2) is 4.57 Å². The van der Waals surface area contributed by atoms with Crippen LogP contribution in [0.5, 0.6) is 11.5 Å². The molecule has 6 rings (SSSR count). The number of fused-ring (bicyclic) bond motifs is 2. The summed E-state index contributed by atoms with van der Waals surface area (Å²) in [6.45, 7) is 1.30. The number of carbonyl (C=O) groups excluding carboxylic acids is 1. The minimum Gasteiger partial charge on any atom is -1.00 e. The van der Waals surface area contributed by atoms with Gasteiger partial charge in [0.05, 0.1) is 30.8 Å². The normalized spacial score (nSPS) is 15.1. The van der Waals surface area contributed by atoms with Crippen molar-refractivity contribution >= 4 is 17.5 Å². The molecule has 0 unspecified atom stereocenters. The van der Waals surface area contributed by atoms with E-state index in [1.807, 2.05) is 58.3 Å². The number of methoxy groups -OCH3 is 2. The zero-order chi connectivity index (χ0) is 25.5. The summed E-state index contributed by atoms with van der Waals surface area (Å²) in [4.78, 5) is 15.9. The minimum absolute atomic E-state index is 0. The number of hydrogen-bond acceptors (Lipinski definition) is 3. The van der Waals surface area contributed by atoms with Crippen LogP contribution in [0.3, 0.4) is 0 Å². The molecule has 0 N–H and O–H groups in total. The summed E-state index contributed by atoms with van der Waals surface area (Å²) in [5.41, 5.74) is 7.54. The molecule has 1 amide bonds. The van der Waals surface area contributed by atoms with Crippen LogP contribution in [-0.4, -0.2) is 31.6 Å². The summed E-state index contributed by atoms with van der Waals surface area (Å²) in [7, 11) is 3.36. The number of ether oxygens (including phenoxy) is 2. The van der Waals surface area contributed by atoms with E-state index >= 15 is 0 Å². The molecule has 7 heteroatoms. The lowest BCUT2D eigenvalue weighted by Gasteiger charge is -2.42. The Bertz CT molecular complexity index is 1510. The van der Waals surface area contributed by atoms with Crippen LogP contribution < -0.4 is 31.0 Å². The van der Waals surface area contributed by atoms with Crippen LogP contribution in [0.2, 0.25) is 5.02 Å². The lowest BCUT2D eigenvalue weighted by Crippen LogP contribution is -3.00. The molecule has 1 aliphatic heterocycles. The van der Waals surface area contributed by atoms with Gasteiger partial charge in [-0.05, 0) is 47.2 Å². The zero-order valence-electron chi connectivity index (χ0n) is 21.3. The van der Waals surface area contributed by atoms with Crippen molar-refractivity contribution in [2.75, 3.05) is 20.8 Å². The van der Waals surface area contributed by atoms with E-state index in [1.165, 1.54) is 16.7 Å². The van der Waals surface area contributed by atoms with Crippen molar-refractivity contribution in [2.45, 2.75) is 25.4 Å². The van der Waals surface area contributed by atoms with Crippen molar-refractivity contribution in [3.05, 3.63) is 112 Å². The molecule has 194 valence electrons. The van der Waals surface area contributed by atoms with Gasteiger partial charge in [0.2, 0.25) is 0 Å². The summed E-state index contributed by atoms with van der Waals surface area (Å²) < 4.78 is 13.6. The maximum absolute atomic E-state index is 13.9. The summed E-state index contributed by atoms with van der Waals surface area (Å²) in [6, 6.07) is 22.0. The molecule has 3 aromatic carbocycles. The van der Waals surface area contributed by atoms with Crippen LogP contribution in [-0.2, 0) is 19.4 Å². The van der Waals surface area contributed by atoms with Crippen molar-refractivity contribution in [2.24, 2.45) is 0 Å². The van der Waals surface area contributed by atoms with Crippen LogP contribution in [0.1, 0.15) is 38.7 Å². The Morgan fingerprint density at radius 3 is 2.47 bits per heavy atom. The zero-order valence-corrected chi connectivity index (χ0v) is 23.6. The maximum atomic E-state index is 13.9. The Morgan fingerprint density at radius 1 is 1.00 bits per heavy atom. The number of benzene rings is 3. The molecular weight excluding hydrogens is 564 g/mol. The molecule has 0 fully saturated rings. The molecule has 0 bridgehead atoms. The van der Waals surface area contributed by atoms with E-state index < -0.39 is 0 Å². The van der Waals surface area contributed by atoms with Crippen molar-refractivity contribution in [3.63, 3.8) is 0 Å². The highest BCUT2D eigenvalue weighted by Gasteiger charge is 2.39. The predicted octanol–water partition coefficient (Wildman–Crippen LogP) is 2.66. The number of amides is 1. The van der Waals surface area contributed by atoms with Crippen LogP contribution in [0.15, 0.2) is 79.1 Å². The Hall–Kier alpha value is -3.35. The van der Waals surface area contributed by atoms with Gasteiger partial charge in [0.15, 0.2) is 30.4 Å². The lowest BCUT2D eigenvalue weighted by molar-refractivity contribution is -0.688. The quantitative estimate of drug-likeness (QED) is 0.335. The second-order valence-corrected chi connectivity index (χ2v) is 9.94. The fraction of sp³-hybridized carbons (Fsp3) is 0.226. The van der Waals surface area contributed by atoms with Crippen LogP contribution >= 0.6 is 11.6 Å². The van der Waals surface area contributed by atoms with Gasteiger partial charge in [-0.1, -0.05) is 54.1 Å². The van der Waals surface area contributed by atoms with E-state index in [1.54, 1.807) is 14.2 Å². The van der Waals surface area contributed by atoms with Gasteiger partial charge in [-0.2, -0.15) is 0 Å². The highest BCUT2D eigenvalue weighted by atomic mass is 79.9.